The molecule has 1 aliphatic rings. The molecule has 8 nitrogen and oxygen atoms in total. The number of para-hydroxylation sites is 1. The molecule has 1 unspecified atom stereocenters. The maximum absolute atomic E-state index is 14.2. The Morgan fingerprint density at radius 2 is 1.69 bits per heavy atom. The first-order valence-electron chi connectivity index (χ1n) is 14.1. The van der Waals surface area contributed by atoms with E-state index in [0.29, 0.717) is 30.1 Å². The van der Waals surface area contributed by atoms with E-state index in [4.69, 9.17) is 9.47 Å². The van der Waals surface area contributed by atoms with E-state index in [-0.39, 0.29) is 17.7 Å². The normalized spacial score (nSPS) is 16.2. The maximum Gasteiger partial charge on any atom is 0.265 e. The summed E-state index contributed by atoms with van der Waals surface area (Å²) >= 11 is 0. The predicted octanol–water partition coefficient (Wildman–Crippen LogP) is 5.18. The van der Waals surface area contributed by atoms with Crippen LogP contribution in [0.3, 0.4) is 0 Å². The van der Waals surface area contributed by atoms with Gasteiger partial charge >= 0.3 is 0 Å². The molecule has 2 aromatic carbocycles. The van der Waals surface area contributed by atoms with Crippen molar-refractivity contribution < 1.29 is 27.9 Å². The second-order valence-electron chi connectivity index (χ2n) is 10.3. The second kappa shape index (κ2) is 15.2. The lowest BCUT2D eigenvalue weighted by atomic mass is 9.91. The molecule has 0 saturated carbocycles. The molecule has 216 valence electrons. The fraction of sp³-hybridized carbons (Fsp3) is 0.567. The van der Waals surface area contributed by atoms with Crippen LogP contribution in [0.15, 0.2) is 53.4 Å². The van der Waals surface area contributed by atoms with Gasteiger partial charge in [0, 0.05) is 13.0 Å². The number of hydroxylamine groups is 1. The van der Waals surface area contributed by atoms with E-state index in [0.717, 1.165) is 38.9 Å². The Morgan fingerprint density at radius 1 is 1.00 bits per heavy atom. The van der Waals surface area contributed by atoms with E-state index in [1.807, 2.05) is 18.2 Å². The molecule has 9 heteroatoms. The summed E-state index contributed by atoms with van der Waals surface area (Å²) in [4.78, 5) is 15.8. The number of rotatable bonds is 15. The van der Waals surface area contributed by atoms with Gasteiger partial charge < -0.3 is 9.47 Å². The average molecular weight is 561 g/mol. The molecule has 0 spiro atoms. The highest BCUT2D eigenvalue weighted by atomic mass is 32.2. The molecule has 0 radical (unpaired) electrons. The maximum atomic E-state index is 14.2. The fourth-order valence-electron chi connectivity index (χ4n) is 5.30. The van der Waals surface area contributed by atoms with Crippen molar-refractivity contribution in [2.75, 3.05) is 33.4 Å². The van der Waals surface area contributed by atoms with Crippen molar-refractivity contribution in [2.24, 2.45) is 0 Å². The van der Waals surface area contributed by atoms with E-state index >= 15 is 0 Å². The molecule has 0 aromatic heterocycles. The number of nitrogens with one attached hydrogen (secondary N) is 1. The Hall–Kier alpha value is -2.62. The number of ether oxygens (including phenoxy) is 2. The molecular formula is C30H44N2O6S. The molecule has 1 heterocycles. The number of hydrogen-bond donors (Lipinski definition) is 2. The smallest absolute Gasteiger partial charge is 0.265 e. The highest BCUT2D eigenvalue weighted by molar-refractivity contribution is 7.93. The Kier molecular flexibility index (Phi) is 12.1. The number of likely N-dealkylation sites (tertiary alicyclic amines) is 1. The number of sulfone groups is 1. The molecule has 3 rings (SSSR count). The number of carbonyl (C=O) groups is 1. The van der Waals surface area contributed by atoms with E-state index in [9.17, 15) is 18.4 Å². The number of carbonyl (C=O) groups excluding carboxylic acids is 1. The summed E-state index contributed by atoms with van der Waals surface area (Å²) in [5, 5.41) is 9.80. The SMILES string of the molecule is CCCCCCC(Cc1ccccc1OCCN1CCCCCC1)(C(=O)NO)S(=O)(=O)c1ccc(OC)cc1. The van der Waals surface area contributed by atoms with Crippen LogP contribution in [-0.4, -0.2) is 62.5 Å². The molecule has 1 fully saturated rings. The van der Waals surface area contributed by atoms with E-state index in [2.05, 4.69) is 11.8 Å². The molecule has 1 aliphatic heterocycles. The Balaban J connectivity index is 1.94. The van der Waals surface area contributed by atoms with Crippen LogP contribution in [0.2, 0.25) is 0 Å². The first-order valence-corrected chi connectivity index (χ1v) is 15.6. The van der Waals surface area contributed by atoms with Crippen molar-refractivity contribution in [3.63, 3.8) is 0 Å². The monoisotopic (exact) mass is 560 g/mol. The van der Waals surface area contributed by atoms with Gasteiger partial charge in [-0.25, -0.2) is 13.9 Å². The van der Waals surface area contributed by atoms with E-state index in [1.165, 1.54) is 44.9 Å². The van der Waals surface area contributed by atoms with Crippen molar-refractivity contribution in [3.05, 3.63) is 54.1 Å². The largest absolute Gasteiger partial charge is 0.497 e. The topological polar surface area (TPSA) is 105 Å². The van der Waals surface area contributed by atoms with Crippen LogP contribution < -0.4 is 15.0 Å². The summed E-state index contributed by atoms with van der Waals surface area (Å²) in [5.74, 6) is 0.132. The lowest BCUT2D eigenvalue weighted by Gasteiger charge is -2.32. The zero-order valence-corrected chi connectivity index (χ0v) is 24.2. The van der Waals surface area contributed by atoms with Crippen molar-refractivity contribution in [1.29, 1.82) is 0 Å². The predicted molar refractivity (Wildman–Crippen MR) is 152 cm³/mol. The zero-order chi connectivity index (χ0) is 28.1. The Bertz CT molecular complexity index is 1130. The lowest BCUT2D eigenvalue weighted by molar-refractivity contribution is -0.132. The molecule has 1 amide bonds. The van der Waals surface area contributed by atoms with Gasteiger partial charge in [0.1, 0.15) is 18.1 Å². The average Bonchev–Trinajstić information content (AvgIpc) is 3.24. The van der Waals surface area contributed by atoms with Crippen LogP contribution >= 0.6 is 0 Å². The first-order chi connectivity index (χ1) is 18.9. The van der Waals surface area contributed by atoms with Crippen LogP contribution in [0.25, 0.3) is 0 Å². The van der Waals surface area contributed by atoms with Gasteiger partial charge in [0.05, 0.1) is 12.0 Å². The van der Waals surface area contributed by atoms with E-state index < -0.39 is 20.5 Å². The summed E-state index contributed by atoms with van der Waals surface area (Å²) in [5.41, 5.74) is 2.30. The summed E-state index contributed by atoms with van der Waals surface area (Å²) in [6.45, 7) is 5.45. The lowest BCUT2D eigenvalue weighted by Crippen LogP contribution is -2.53. The number of benzene rings is 2. The summed E-state index contributed by atoms with van der Waals surface area (Å²) in [7, 11) is -2.73. The van der Waals surface area contributed by atoms with Crippen LogP contribution in [0.1, 0.15) is 70.3 Å². The molecule has 1 saturated heterocycles. The van der Waals surface area contributed by atoms with Crippen LogP contribution in [0.5, 0.6) is 11.5 Å². The van der Waals surface area contributed by atoms with Crippen molar-refractivity contribution >= 4 is 15.7 Å². The molecule has 2 aromatic rings. The quantitative estimate of drug-likeness (QED) is 0.176. The third kappa shape index (κ3) is 7.96. The van der Waals surface area contributed by atoms with Crippen molar-refractivity contribution in [1.82, 2.24) is 10.4 Å². The molecule has 1 atom stereocenters. The van der Waals surface area contributed by atoms with Gasteiger partial charge in [0.2, 0.25) is 0 Å². The molecule has 0 bridgehead atoms. The molecule has 2 N–H and O–H groups in total. The standard InChI is InChI=1S/C30H44N2O6S/c1-3-4-5-10-19-30(29(33)31-34,39(35,36)27-17-15-26(37-2)16-18-27)24-25-13-8-9-14-28(25)38-23-22-32-20-11-6-7-12-21-32/h8-9,13-18,34H,3-7,10-12,19-24H2,1-2H3,(H,31,33). The highest BCUT2D eigenvalue weighted by Gasteiger charge is 2.51. The minimum Gasteiger partial charge on any atom is -0.497 e. The number of amides is 1. The highest BCUT2D eigenvalue weighted by Crippen LogP contribution is 2.37. The van der Waals surface area contributed by atoms with Crippen LogP contribution in [0, 0.1) is 0 Å². The number of unbranched alkanes of at least 4 members (excludes halogenated alkanes) is 3. The van der Waals surface area contributed by atoms with Crippen LogP contribution in [0.4, 0.5) is 0 Å². The fourth-order valence-corrected chi connectivity index (χ4v) is 7.29. The zero-order valence-electron chi connectivity index (χ0n) is 23.4. The minimum atomic E-state index is -4.23. The number of methoxy groups -OCH3 is 1. The molecular weight excluding hydrogens is 516 g/mol. The third-order valence-electron chi connectivity index (χ3n) is 7.65. The third-order valence-corrected chi connectivity index (χ3v) is 10.1. The Morgan fingerprint density at radius 3 is 2.33 bits per heavy atom. The van der Waals surface area contributed by atoms with Gasteiger partial charge in [-0.3, -0.25) is 14.9 Å². The second-order valence-corrected chi connectivity index (χ2v) is 12.6. The molecule has 39 heavy (non-hydrogen) atoms. The van der Waals surface area contributed by atoms with Gasteiger partial charge in [-0.1, -0.05) is 63.6 Å². The van der Waals surface area contributed by atoms with Gasteiger partial charge in [-0.2, -0.15) is 0 Å². The number of nitrogens with zero attached hydrogens (tertiary/aromatic N) is 1. The Labute approximate surface area is 233 Å². The molecule has 0 aliphatic carbocycles. The van der Waals surface area contributed by atoms with E-state index in [1.54, 1.807) is 23.7 Å². The van der Waals surface area contributed by atoms with Crippen molar-refractivity contribution in [3.8, 4) is 11.5 Å². The van der Waals surface area contributed by atoms with Crippen LogP contribution in [-0.2, 0) is 21.1 Å². The van der Waals surface area contributed by atoms with Crippen molar-refractivity contribution in [2.45, 2.75) is 80.8 Å². The van der Waals surface area contributed by atoms with Gasteiger partial charge in [0.15, 0.2) is 14.6 Å². The first kappa shape index (κ1) is 30.9. The summed E-state index contributed by atoms with van der Waals surface area (Å²) in [6, 6.07) is 13.3. The number of hydrogen-bond acceptors (Lipinski definition) is 7. The minimum absolute atomic E-state index is 0.00181. The van der Waals surface area contributed by atoms with Gasteiger partial charge in [-0.05, 0) is 68.2 Å². The summed E-state index contributed by atoms with van der Waals surface area (Å²) in [6.07, 6.45) is 8.04. The summed E-state index contributed by atoms with van der Waals surface area (Å²) < 4.78 is 37.9. The van der Waals surface area contributed by atoms with Gasteiger partial charge in [0.25, 0.3) is 5.91 Å². The van der Waals surface area contributed by atoms with Gasteiger partial charge in [-0.15, -0.1) is 0 Å².